The molecule has 0 aliphatic carbocycles. The second-order valence-corrected chi connectivity index (χ2v) is 5.22. The van der Waals surface area contributed by atoms with Crippen LogP contribution in [0.2, 0.25) is 0 Å². The molecule has 88 valence electrons. The van der Waals surface area contributed by atoms with Gasteiger partial charge in [0, 0.05) is 11.6 Å². The van der Waals surface area contributed by atoms with Gasteiger partial charge in [-0.2, -0.15) is 0 Å². The van der Waals surface area contributed by atoms with Gasteiger partial charge in [0.25, 0.3) is 0 Å². The van der Waals surface area contributed by atoms with E-state index >= 15 is 0 Å². The molecule has 0 radical (unpaired) electrons. The quantitative estimate of drug-likeness (QED) is 0.733. The Balaban J connectivity index is 2.75. The van der Waals surface area contributed by atoms with Crippen molar-refractivity contribution in [2.45, 2.75) is 45.2 Å². The molecule has 1 rings (SSSR count). The fourth-order valence-electron chi connectivity index (χ4n) is 1.81. The fraction of sp³-hybridized carbons (Fsp3) is 0.467. The van der Waals surface area contributed by atoms with Gasteiger partial charge in [-0.1, -0.05) is 36.4 Å². The van der Waals surface area contributed by atoms with E-state index in [9.17, 15) is 0 Å². The first-order chi connectivity index (χ1) is 7.53. The Labute approximate surface area is 99.6 Å². The Kier molecular flexibility index (Phi) is 4.75. The van der Waals surface area contributed by atoms with E-state index in [0.29, 0.717) is 6.04 Å². The zero-order valence-electron chi connectivity index (χ0n) is 10.7. The van der Waals surface area contributed by atoms with Crippen molar-refractivity contribution in [1.82, 2.24) is 5.32 Å². The average Bonchev–Trinajstić information content (AvgIpc) is 2.24. The molecule has 0 bridgehead atoms. The largest absolute Gasteiger partial charge is 0.305 e. The predicted molar refractivity (Wildman–Crippen MR) is 71.5 cm³/mol. The van der Waals surface area contributed by atoms with E-state index in [1.54, 1.807) is 0 Å². The third kappa shape index (κ3) is 4.63. The lowest BCUT2D eigenvalue weighted by Crippen LogP contribution is -2.38. The van der Waals surface area contributed by atoms with Crippen molar-refractivity contribution in [2.75, 3.05) is 0 Å². The first-order valence-electron chi connectivity index (χ1n) is 5.96. The molecule has 0 saturated carbocycles. The van der Waals surface area contributed by atoms with Crippen LogP contribution < -0.4 is 5.32 Å². The SMILES string of the molecule is C=CCCC(NC(C)(C)C)c1ccccc1. The van der Waals surface area contributed by atoms with Crippen molar-refractivity contribution in [3.05, 3.63) is 48.6 Å². The summed E-state index contributed by atoms with van der Waals surface area (Å²) in [5.41, 5.74) is 1.50. The van der Waals surface area contributed by atoms with Crippen molar-refractivity contribution >= 4 is 0 Å². The molecule has 1 aromatic carbocycles. The highest BCUT2D eigenvalue weighted by Gasteiger charge is 2.17. The van der Waals surface area contributed by atoms with Gasteiger partial charge in [-0.05, 0) is 39.2 Å². The smallest absolute Gasteiger partial charge is 0.0327 e. The Morgan fingerprint density at radius 3 is 2.38 bits per heavy atom. The van der Waals surface area contributed by atoms with E-state index in [2.05, 4.69) is 63.0 Å². The van der Waals surface area contributed by atoms with Gasteiger partial charge in [-0.25, -0.2) is 0 Å². The summed E-state index contributed by atoms with van der Waals surface area (Å²) in [6, 6.07) is 11.0. The van der Waals surface area contributed by atoms with Crippen LogP contribution in [0.3, 0.4) is 0 Å². The van der Waals surface area contributed by atoms with Crippen molar-refractivity contribution in [3.63, 3.8) is 0 Å². The lowest BCUT2D eigenvalue weighted by molar-refractivity contribution is 0.352. The molecule has 0 aliphatic heterocycles. The van der Waals surface area contributed by atoms with Crippen molar-refractivity contribution in [1.29, 1.82) is 0 Å². The molecule has 16 heavy (non-hydrogen) atoms. The molecule has 1 nitrogen and oxygen atoms in total. The summed E-state index contributed by atoms with van der Waals surface area (Å²) in [6.45, 7) is 10.4. The van der Waals surface area contributed by atoms with Crippen LogP contribution >= 0.6 is 0 Å². The van der Waals surface area contributed by atoms with Crippen LogP contribution in [0.1, 0.15) is 45.2 Å². The Morgan fingerprint density at radius 2 is 1.88 bits per heavy atom. The summed E-state index contributed by atoms with van der Waals surface area (Å²) < 4.78 is 0. The number of rotatable bonds is 5. The minimum atomic E-state index is 0.141. The maximum Gasteiger partial charge on any atom is 0.0327 e. The van der Waals surface area contributed by atoms with Crippen molar-refractivity contribution < 1.29 is 0 Å². The second kappa shape index (κ2) is 5.86. The standard InChI is InChI=1S/C15H23N/c1-5-6-12-14(16-15(2,3)4)13-10-8-7-9-11-13/h5,7-11,14,16H,1,6,12H2,2-4H3. The van der Waals surface area contributed by atoms with Crippen LogP contribution in [-0.4, -0.2) is 5.54 Å². The summed E-state index contributed by atoms with van der Waals surface area (Å²) in [5, 5.41) is 3.66. The summed E-state index contributed by atoms with van der Waals surface area (Å²) in [4.78, 5) is 0. The van der Waals surface area contributed by atoms with E-state index < -0.39 is 0 Å². The highest BCUT2D eigenvalue weighted by Crippen LogP contribution is 2.21. The number of nitrogens with one attached hydrogen (secondary N) is 1. The highest BCUT2D eigenvalue weighted by atomic mass is 15.0. The van der Waals surface area contributed by atoms with Crippen LogP contribution in [0, 0.1) is 0 Å². The summed E-state index contributed by atoms with van der Waals surface area (Å²) in [5.74, 6) is 0. The normalized spacial score (nSPS) is 13.4. The van der Waals surface area contributed by atoms with Gasteiger partial charge in [0.05, 0.1) is 0 Å². The molecule has 1 heteroatoms. The van der Waals surface area contributed by atoms with Crippen molar-refractivity contribution in [3.8, 4) is 0 Å². The molecule has 0 saturated heterocycles. The van der Waals surface area contributed by atoms with Crippen LogP contribution in [0.4, 0.5) is 0 Å². The van der Waals surface area contributed by atoms with Crippen LogP contribution in [0.5, 0.6) is 0 Å². The first kappa shape index (κ1) is 13.0. The molecular weight excluding hydrogens is 194 g/mol. The molecule has 0 spiro atoms. The fourth-order valence-corrected chi connectivity index (χ4v) is 1.81. The number of benzene rings is 1. The molecule has 0 aromatic heterocycles. The Hall–Kier alpha value is -1.08. The van der Waals surface area contributed by atoms with Gasteiger partial charge >= 0.3 is 0 Å². The summed E-state index contributed by atoms with van der Waals surface area (Å²) in [6.07, 6.45) is 4.13. The van der Waals surface area contributed by atoms with Gasteiger partial charge in [-0.15, -0.1) is 6.58 Å². The van der Waals surface area contributed by atoms with E-state index in [1.807, 2.05) is 6.08 Å². The third-order valence-electron chi connectivity index (χ3n) is 2.47. The second-order valence-electron chi connectivity index (χ2n) is 5.22. The molecule has 1 N–H and O–H groups in total. The Bertz CT molecular complexity index is 308. The molecule has 0 heterocycles. The Morgan fingerprint density at radius 1 is 1.25 bits per heavy atom. The third-order valence-corrected chi connectivity index (χ3v) is 2.47. The zero-order chi connectivity index (χ0) is 12.0. The summed E-state index contributed by atoms with van der Waals surface area (Å²) >= 11 is 0. The topological polar surface area (TPSA) is 12.0 Å². The predicted octanol–water partition coefficient (Wildman–Crippen LogP) is 4.08. The molecule has 1 unspecified atom stereocenters. The number of allylic oxidation sites excluding steroid dienone is 1. The van der Waals surface area contributed by atoms with E-state index in [1.165, 1.54) is 5.56 Å². The molecule has 0 fully saturated rings. The van der Waals surface area contributed by atoms with Gasteiger partial charge in [0.1, 0.15) is 0 Å². The minimum Gasteiger partial charge on any atom is -0.305 e. The minimum absolute atomic E-state index is 0.141. The number of hydrogen-bond acceptors (Lipinski definition) is 1. The maximum atomic E-state index is 3.80. The van der Waals surface area contributed by atoms with Gasteiger partial charge in [0.2, 0.25) is 0 Å². The number of hydrogen-bond donors (Lipinski definition) is 1. The lowest BCUT2D eigenvalue weighted by Gasteiger charge is -2.29. The first-order valence-corrected chi connectivity index (χ1v) is 5.96. The van der Waals surface area contributed by atoms with E-state index in [0.717, 1.165) is 12.8 Å². The summed E-state index contributed by atoms with van der Waals surface area (Å²) in [7, 11) is 0. The van der Waals surface area contributed by atoms with E-state index in [4.69, 9.17) is 0 Å². The van der Waals surface area contributed by atoms with Crippen molar-refractivity contribution in [2.24, 2.45) is 0 Å². The van der Waals surface area contributed by atoms with Gasteiger partial charge < -0.3 is 5.32 Å². The van der Waals surface area contributed by atoms with Crippen LogP contribution in [0.25, 0.3) is 0 Å². The van der Waals surface area contributed by atoms with E-state index in [-0.39, 0.29) is 5.54 Å². The maximum absolute atomic E-state index is 3.80. The monoisotopic (exact) mass is 217 g/mol. The molecular formula is C15H23N. The van der Waals surface area contributed by atoms with Gasteiger partial charge in [-0.3, -0.25) is 0 Å². The highest BCUT2D eigenvalue weighted by molar-refractivity contribution is 5.19. The average molecular weight is 217 g/mol. The van der Waals surface area contributed by atoms with Crippen LogP contribution in [-0.2, 0) is 0 Å². The molecule has 1 aromatic rings. The van der Waals surface area contributed by atoms with Gasteiger partial charge in [0.15, 0.2) is 0 Å². The lowest BCUT2D eigenvalue weighted by atomic mass is 9.98. The molecule has 1 atom stereocenters. The van der Waals surface area contributed by atoms with Crippen LogP contribution in [0.15, 0.2) is 43.0 Å². The molecule has 0 aliphatic rings. The molecule has 0 amide bonds. The zero-order valence-corrected chi connectivity index (χ0v) is 10.7.